The fourth-order valence-electron chi connectivity index (χ4n) is 7.14. The molecule has 1 heterocycles. The van der Waals surface area contributed by atoms with Gasteiger partial charge in [0.15, 0.2) is 0 Å². The van der Waals surface area contributed by atoms with Crippen LogP contribution in [0.15, 0.2) is 22.7 Å². The number of hydrogen-bond donors (Lipinski definition) is 1. The number of aromatic nitrogens is 1. The Hall–Kier alpha value is -1.77. The van der Waals surface area contributed by atoms with Gasteiger partial charge in [0, 0.05) is 12.5 Å². The average molecular weight is 380 g/mol. The van der Waals surface area contributed by atoms with E-state index >= 15 is 0 Å². The van der Waals surface area contributed by atoms with Crippen molar-refractivity contribution < 1.29 is 9.63 Å². The van der Waals surface area contributed by atoms with Crippen molar-refractivity contribution in [1.29, 1.82) is 0 Å². The molecule has 0 saturated heterocycles. The Morgan fingerprint density at radius 1 is 1.18 bits per heavy atom. The lowest BCUT2D eigenvalue weighted by Gasteiger charge is -2.51. The molecule has 0 bridgehead atoms. The van der Waals surface area contributed by atoms with E-state index in [2.05, 4.69) is 37.2 Å². The zero-order valence-electron chi connectivity index (χ0n) is 17.5. The van der Waals surface area contributed by atoms with E-state index in [4.69, 9.17) is 4.52 Å². The van der Waals surface area contributed by atoms with Crippen LogP contribution in [0.5, 0.6) is 5.75 Å². The number of fused-ring (bicyclic) bond motifs is 5. The summed E-state index contributed by atoms with van der Waals surface area (Å²) in [5, 5.41) is 14.4. The Morgan fingerprint density at radius 2 is 2.04 bits per heavy atom. The van der Waals surface area contributed by atoms with E-state index in [1.807, 2.05) is 6.92 Å². The third kappa shape index (κ3) is 2.73. The molecule has 0 radical (unpaired) electrons. The number of aromatic hydroxyl groups is 1. The van der Waals surface area contributed by atoms with Crippen molar-refractivity contribution in [2.45, 2.75) is 78.1 Å². The minimum absolute atomic E-state index is 0.434. The first kappa shape index (κ1) is 18.3. The van der Waals surface area contributed by atoms with Crippen LogP contribution >= 0.6 is 0 Å². The van der Waals surface area contributed by atoms with Crippen LogP contribution in [0, 0.1) is 30.1 Å². The summed E-state index contributed by atoms with van der Waals surface area (Å²) in [5.74, 6) is 4.62. The second-order valence-corrected chi connectivity index (χ2v) is 9.91. The molecule has 3 heteroatoms. The van der Waals surface area contributed by atoms with Gasteiger partial charge in [-0.25, -0.2) is 0 Å². The van der Waals surface area contributed by atoms with Crippen LogP contribution in [-0.2, 0) is 19.3 Å². The number of rotatable bonds is 3. The van der Waals surface area contributed by atoms with Crippen LogP contribution in [0.4, 0.5) is 0 Å². The second kappa shape index (κ2) is 6.64. The summed E-state index contributed by atoms with van der Waals surface area (Å²) in [7, 11) is 0. The summed E-state index contributed by atoms with van der Waals surface area (Å²) < 4.78 is 5.57. The molecule has 3 unspecified atom stereocenters. The number of phenolic OH excluding ortho intramolecular Hbond substituents is 1. The van der Waals surface area contributed by atoms with Crippen LogP contribution in [0.3, 0.4) is 0 Å². The van der Waals surface area contributed by atoms with Crippen molar-refractivity contribution in [2.24, 2.45) is 23.2 Å². The highest BCUT2D eigenvalue weighted by molar-refractivity contribution is 5.45. The van der Waals surface area contributed by atoms with Gasteiger partial charge in [0.1, 0.15) is 11.5 Å². The van der Waals surface area contributed by atoms with Crippen LogP contribution in [0.1, 0.15) is 80.0 Å². The van der Waals surface area contributed by atoms with Crippen molar-refractivity contribution in [1.82, 2.24) is 5.16 Å². The fourth-order valence-corrected chi connectivity index (χ4v) is 7.14. The first-order chi connectivity index (χ1) is 13.5. The van der Waals surface area contributed by atoms with Gasteiger partial charge in [0.05, 0.1) is 5.69 Å². The standard InChI is InChI=1S/C25H33NO2/c1-4-16-12-22-17(13-24(16)27)5-7-21-20(22)9-10-25(3)18(6-8-23(21)25)14-19-11-15(2)26-28-19/h11-13,18,20-21,23,27H,4-10,14H2,1-3H3/t18-,20?,21?,23?,25-/m1/s1. The lowest BCUT2D eigenvalue weighted by Crippen LogP contribution is -2.42. The number of nitrogens with zero attached hydrogens (tertiary/aromatic N) is 1. The normalized spacial score (nSPS) is 34.0. The molecule has 150 valence electrons. The molecule has 3 nitrogen and oxygen atoms in total. The van der Waals surface area contributed by atoms with Gasteiger partial charge in [-0.15, -0.1) is 0 Å². The third-order valence-corrected chi connectivity index (χ3v) is 8.63. The highest BCUT2D eigenvalue weighted by Crippen LogP contribution is 2.63. The molecule has 5 atom stereocenters. The molecule has 0 spiro atoms. The molecule has 3 aliphatic rings. The highest BCUT2D eigenvalue weighted by Gasteiger charge is 2.54. The number of phenols is 1. The van der Waals surface area contributed by atoms with Crippen molar-refractivity contribution in [2.75, 3.05) is 0 Å². The molecule has 1 N–H and O–H groups in total. The van der Waals surface area contributed by atoms with Crippen molar-refractivity contribution >= 4 is 0 Å². The van der Waals surface area contributed by atoms with Gasteiger partial charge in [-0.2, -0.15) is 0 Å². The summed E-state index contributed by atoms with van der Waals surface area (Å²) in [6.45, 7) is 6.73. The third-order valence-electron chi connectivity index (χ3n) is 8.63. The SMILES string of the molecule is CCc1cc2c(cc1O)CCC1C2CC[C@@]2(C)C1CC[C@@H]2Cc1cc(C)no1. The second-order valence-electron chi connectivity index (χ2n) is 9.91. The molecule has 3 aliphatic carbocycles. The highest BCUT2D eigenvalue weighted by atomic mass is 16.5. The quantitative estimate of drug-likeness (QED) is 0.715. The molecule has 0 amide bonds. The maximum atomic E-state index is 10.3. The molecule has 5 rings (SSSR count). The monoisotopic (exact) mass is 379 g/mol. The Labute approximate surface area is 168 Å². The van der Waals surface area contributed by atoms with Crippen LogP contribution < -0.4 is 0 Å². The molecule has 2 saturated carbocycles. The first-order valence-electron chi connectivity index (χ1n) is 11.3. The number of aryl methyl sites for hydroxylation is 3. The molecule has 0 aliphatic heterocycles. The Balaban J connectivity index is 1.42. The van der Waals surface area contributed by atoms with Crippen LogP contribution in [0.25, 0.3) is 0 Å². The maximum absolute atomic E-state index is 10.3. The first-order valence-corrected chi connectivity index (χ1v) is 11.3. The van der Waals surface area contributed by atoms with Crippen molar-refractivity contribution in [3.05, 3.63) is 46.3 Å². The smallest absolute Gasteiger partial charge is 0.137 e. The van der Waals surface area contributed by atoms with E-state index in [0.717, 1.165) is 54.0 Å². The molecule has 1 aromatic carbocycles. The predicted molar refractivity (Wildman–Crippen MR) is 111 cm³/mol. The van der Waals surface area contributed by atoms with Gasteiger partial charge < -0.3 is 9.63 Å². The summed E-state index contributed by atoms with van der Waals surface area (Å²) in [5.41, 5.74) is 5.52. The summed E-state index contributed by atoms with van der Waals surface area (Å²) in [6.07, 6.45) is 9.69. The Morgan fingerprint density at radius 3 is 2.79 bits per heavy atom. The molecule has 2 aromatic rings. The largest absolute Gasteiger partial charge is 0.508 e. The topological polar surface area (TPSA) is 46.3 Å². The Bertz CT molecular complexity index is 885. The number of benzene rings is 1. The fraction of sp³-hybridized carbons (Fsp3) is 0.640. The van der Waals surface area contributed by atoms with Gasteiger partial charge in [0.2, 0.25) is 0 Å². The lowest BCUT2D eigenvalue weighted by atomic mass is 9.54. The van der Waals surface area contributed by atoms with Gasteiger partial charge >= 0.3 is 0 Å². The Kier molecular flexibility index (Phi) is 4.33. The van der Waals surface area contributed by atoms with Gasteiger partial charge in [0.25, 0.3) is 0 Å². The van der Waals surface area contributed by atoms with Gasteiger partial charge in [-0.1, -0.05) is 25.1 Å². The molecular formula is C25H33NO2. The van der Waals surface area contributed by atoms with Crippen LogP contribution in [-0.4, -0.2) is 10.3 Å². The predicted octanol–water partition coefficient (Wildman–Crippen LogP) is 5.97. The molecule has 2 fully saturated rings. The van der Waals surface area contributed by atoms with Gasteiger partial charge in [-0.3, -0.25) is 0 Å². The lowest BCUT2D eigenvalue weighted by molar-refractivity contribution is 0.0267. The zero-order chi connectivity index (χ0) is 19.5. The minimum Gasteiger partial charge on any atom is -0.508 e. The van der Waals surface area contributed by atoms with E-state index < -0.39 is 0 Å². The molecular weight excluding hydrogens is 346 g/mol. The van der Waals surface area contributed by atoms with E-state index in [0.29, 0.717) is 17.1 Å². The summed E-state index contributed by atoms with van der Waals surface area (Å²) in [6, 6.07) is 6.54. The van der Waals surface area contributed by atoms with Crippen molar-refractivity contribution in [3.8, 4) is 5.75 Å². The zero-order valence-corrected chi connectivity index (χ0v) is 17.5. The van der Waals surface area contributed by atoms with E-state index in [-0.39, 0.29) is 0 Å². The van der Waals surface area contributed by atoms with Crippen LogP contribution in [0.2, 0.25) is 0 Å². The summed E-state index contributed by atoms with van der Waals surface area (Å²) in [4.78, 5) is 0. The van der Waals surface area contributed by atoms with Crippen molar-refractivity contribution in [3.63, 3.8) is 0 Å². The summed E-state index contributed by atoms with van der Waals surface area (Å²) >= 11 is 0. The number of hydrogen-bond acceptors (Lipinski definition) is 3. The van der Waals surface area contributed by atoms with E-state index in [1.165, 1.54) is 37.7 Å². The van der Waals surface area contributed by atoms with Gasteiger partial charge in [-0.05, 0) is 104 Å². The van der Waals surface area contributed by atoms with E-state index in [1.54, 1.807) is 5.56 Å². The minimum atomic E-state index is 0.434. The molecule has 1 aromatic heterocycles. The average Bonchev–Trinajstić information content (AvgIpc) is 3.24. The maximum Gasteiger partial charge on any atom is 0.137 e. The van der Waals surface area contributed by atoms with E-state index in [9.17, 15) is 5.11 Å². The molecule has 28 heavy (non-hydrogen) atoms.